The highest BCUT2D eigenvalue weighted by Gasteiger charge is 2.46. The third kappa shape index (κ3) is 3.58. The molecule has 2 N–H and O–H groups in total. The maximum Gasteiger partial charge on any atom is 0.327 e. The summed E-state index contributed by atoms with van der Waals surface area (Å²) in [7, 11) is 0. The third-order valence-electron chi connectivity index (χ3n) is 4.90. The number of benzene rings is 1. The van der Waals surface area contributed by atoms with Crippen molar-refractivity contribution in [3.05, 3.63) is 47.9 Å². The van der Waals surface area contributed by atoms with E-state index in [1.54, 1.807) is 33.2 Å². The Bertz CT molecular complexity index is 1010. The Hall–Kier alpha value is -3.26. The van der Waals surface area contributed by atoms with E-state index in [-0.39, 0.29) is 23.9 Å². The standard InChI is InChI=1S/C21H24N4O4/c1-5-24-20(27)18(17(13(4)26)19(21(28)29)25(24)12(2)3)23-16-11-22-10-14-8-6-7-9-15(14)16/h6-12,19,23H,5H2,1-4H3,(H,28,29). The molecule has 1 atom stereocenters. The SMILES string of the molecule is CCN1C(=O)C(Nc2cncc3ccccc23)=C(C(C)=O)C(C(=O)O)N1C(C)C. The number of carboxylic acid groups (broad SMARTS) is 1. The number of hydrogen-bond acceptors (Lipinski definition) is 6. The van der Waals surface area contributed by atoms with E-state index in [0.717, 1.165) is 10.8 Å². The predicted molar refractivity (Wildman–Crippen MR) is 109 cm³/mol. The smallest absolute Gasteiger partial charge is 0.327 e. The Labute approximate surface area is 168 Å². The minimum absolute atomic E-state index is 0.0261. The molecule has 29 heavy (non-hydrogen) atoms. The van der Waals surface area contributed by atoms with Gasteiger partial charge in [0.1, 0.15) is 5.70 Å². The van der Waals surface area contributed by atoms with E-state index in [4.69, 9.17) is 0 Å². The van der Waals surface area contributed by atoms with Crippen LogP contribution < -0.4 is 5.32 Å². The molecular formula is C21H24N4O4. The maximum absolute atomic E-state index is 13.3. The second-order valence-electron chi connectivity index (χ2n) is 7.11. The highest BCUT2D eigenvalue weighted by atomic mass is 16.4. The largest absolute Gasteiger partial charge is 0.480 e. The Morgan fingerprint density at radius 2 is 1.93 bits per heavy atom. The van der Waals surface area contributed by atoms with Crippen LogP contribution in [0.3, 0.4) is 0 Å². The number of carbonyl (C=O) groups excluding carboxylic acids is 2. The van der Waals surface area contributed by atoms with E-state index in [1.165, 1.54) is 16.9 Å². The molecule has 2 aromatic rings. The zero-order chi connectivity index (χ0) is 21.3. The fourth-order valence-electron chi connectivity index (χ4n) is 3.72. The van der Waals surface area contributed by atoms with E-state index < -0.39 is 23.7 Å². The van der Waals surface area contributed by atoms with Gasteiger partial charge in [0.05, 0.1) is 17.5 Å². The zero-order valence-corrected chi connectivity index (χ0v) is 16.8. The van der Waals surface area contributed by atoms with Gasteiger partial charge in [0.15, 0.2) is 11.8 Å². The number of aromatic nitrogens is 1. The lowest BCUT2D eigenvalue weighted by Crippen LogP contribution is -2.62. The molecule has 0 spiro atoms. The minimum Gasteiger partial charge on any atom is -0.480 e. The van der Waals surface area contributed by atoms with Gasteiger partial charge in [-0.1, -0.05) is 24.3 Å². The normalized spacial score (nSPS) is 17.9. The van der Waals surface area contributed by atoms with Crippen molar-refractivity contribution in [1.82, 2.24) is 15.0 Å². The molecule has 1 aromatic heterocycles. The molecule has 0 radical (unpaired) electrons. The molecule has 1 unspecified atom stereocenters. The lowest BCUT2D eigenvalue weighted by molar-refractivity contribution is -0.167. The number of likely N-dealkylation sites (N-methyl/N-ethyl adjacent to an activating group) is 1. The number of rotatable bonds is 6. The maximum atomic E-state index is 13.3. The molecule has 0 saturated heterocycles. The van der Waals surface area contributed by atoms with Crippen molar-refractivity contribution in [1.29, 1.82) is 0 Å². The number of anilines is 1. The predicted octanol–water partition coefficient (Wildman–Crippen LogP) is 2.43. The molecule has 152 valence electrons. The minimum atomic E-state index is -1.27. The highest BCUT2D eigenvalue weighted by molar-refractivity contribution is 6.12. The number of amides is 1. The van der Waals surface area contributed by atoms with Crippen molar-refractivity contribution in [2.45, 2.75) is 39.8 Å². The zero-order valence-electron chi connectivity index (χ0n) is 16.8. The molecule has 1 aromatic carbocycles. The average molecular weight is 396 g/mol. The number of Topliss-reactive ketones (excluding diaryl/α,β-unsaturated/α-hetero) is 1. The van der Waals surface area contributed by atoms with Crippen molar-refractivity contribution in [3.8, 4) is 0 Å². The third-order valence-corrected chi connectivity index (χ3v) is 4.90. The van der Waals surface area contributed by atoms with Gasteiger partial charge in [-0.25, -0.2) is 0 Å². The second kappa shape index (κ2) is 8.00. The molecule has 1 aliphatic rings. The van der Waals surface area contributed by atoms with E-state index in [2.05, 4.69) is 10.3 Å². The number of fused-ring (bicyclic) bond motifs is 1. The first-order valence-electron chi connectivity index (χ1n) is 9.45. The Kier molecular flexibility index (Phi) is 5.65. The molecule has 2 heterocycles. The first kappa shape index (κ1) is 20.5. The van der Waals surface area contributed by atoms with Crippen LogP contribution in [0.2, 0.25) is 0 Å². The number of nitrogens with one attached hydrogen (secondary N) is 1. The first-order valence-corrected chi connectivity index (χ1v) is 9.45. The molecule has 3 rings (SSSR count). The van der Waals surface area contributed by atoms with Gasteiger partial charge in [-0.05, 0) is 27.7 Å². The lowest BCUT2D eigenvalue weighted by atomic mass is 9.95. The number of hydrogen-bond donors (Lipinski definition) is 2. The van der Waals surface area contributed by atoms with Gasteiger partial charge < -0.3 is 10.4 Å². The summed E-state index contributed by atoms with van der Waals surface area (Å²) in [6.07, 6.45) is 3.25. The molecule has 8 heteroatoms. The Morgan fingerprint density at radius 1 is 1.24 bits per heavy atom. The number of carboxylic acids is 1. The summed E-state index contributed by atoms with van der Waals surface area (Å²) in [4.78, 5) is 42.2. The van der Waals surface area contributed by atoms with Crippen molar-refractivity contribution >= 4 is 34.1 Å². The van der Waals surface area contributed by atoms with Crippen LogP contribution in [-0.2, 0) is 14.4 Å². The van der Waals surface area contributed by atoms with Gasteiger partial charge in [0.25, 0.3) is 5.91 Å². The Morgan fingerprint density at radius 3 is 2.52 bits per heavy atom. The van der Waals surface area contributed by atoms with Gasteiger partial charge in [0.2, 0.25) is 0 Å². The van der Waals surface area contributed by atoms with Crippen molar-refractivity contribution in [3.63, 3.8) is 0 Å². The molecule has 1 aliphatic heterocycles. The number of nitrogens with zero attached hydrogens (tertiary/aromatic N) is 3. The van der Waals surface area contributed by atoms with E-state index in [0.29, 0.717) is 5.69 Å². The second-order valence-corrected chi connectivity index (χ2v) is 7.11. The topological polar surface area (TPSA) is 103 Å². The van der Waals surface area contributed by atoms with Crippen molar-refractivity contribution in [2.75, 3.05) is 11.9 Å². The molecule has 0 fully saturated rings. The van der Waals surface area contributed by atoms with Gasteiger partial charge >= 0.3 is 5.97 Å². The molecular weight excluding hydrogens is 372 g/mol. The van der Waals surface area contributed by atoms with Crippen LogP contribution in [0.5, 0.6) is 0 Å². The van der Waals surface area contributed by atoms with Crippen LogP contribution in [0.15, 0.2) is 47.9 Å². The van der Waals surface area contributed by atoms with Gasteiger partial charge in [-0.3, -0.25) is 24.4 Å². The first-order chi connectivity index (χ1) is 13.8. The highest BCUT2D eigenvalue weighted by Crippen LogP contribution is 2.31. The molecule has 0 saturated carbocycles. The van der Waals surface area contributed by atoms with E-state index in [9.17, 15) is 19.5 Å². The summed E-state index contributed by atoms with van der Waals surface area (Å²) in [6.45, 7) is 6.89. The summed E-state index contributed by atoms with van der Waals surface area (Å²) < 4.78 is 0. The summed E-state index contributed by atoms with van der Waals surface area (Å²) in [5.74, 6) is -2.11. The molecule has 0 bridgehead atoms. The fraction of sp³-hybridized carbons (Fsp3) is 0.333. The lowest BCUT2D eigenvalue weighted by Gasteiger charge is -2.45. The number of carbonyl (C=O) groups is 3. The van der Waals surface area contributed by atoms with Crippen LogP contribution in [0.25, 0.3) is 10.8 Å². The van der Waals surface area contributed by atoms with E-state index >= 15 is 0 Å². The van der Waals surface area contributed by atoms with Gasteiger partial charge in [-0.2, -0.15) is 5.01 Å². The van der Waals surface area contributed by atoms with Crippen LogP contribution in [0.1, 0.15) is 27.7 Å². The fourth-order valence-corrected chi connectivity index (χ4v) is 3.72. The van der Waals surface area contributed by atoms with Crippen molar-refractivity contribution in [2.24, 2.45) is 0 Å². The number of ketones is 1. The van der Waals surface area contributed by atoms with E-state index in [1.807, 2.05) is 24.3 Å². The van der Waals surface area contributed by atoms with Crippen LogP contribution in [0, 0.1) is 0 Å². The van der Waals surface area contributed by atoms with Crippen LogP contribution in [0.4, 0.5) is 5.69 Å². The molecule has 1 amide bonds. The number of hydrazine groups is 1. The van der Waals surface area contributed by atoms with Crippen molar-refractivity contribution < 1.29 is 19.5 Å². The number of aliphatic carboxylic acids is 1. The molecule has 0 aliphatic carbocycles. The van der Waals surface area contributed by atoms with Crippen LogP contribution >= 0.6 is 0 Å². The summed E-state index contributed by atoms with van der Waals surface area (Å²) >= 11 is 0. The molecule has 8 nitrogen and oxygen atoms in total. The summed E-state index contributed by atoms with van der Waals surface area (Å²) in [6, 6.07) is 5.92. The van der Waals surface area contributed by atoms with Gasteiger partial charge in [-0.15, -0.1) is 0 Å². The van der Waals surface area contributed by atoms with Gasteiger partial charge in [0, 0.05) is 29.6 Å². The van der Waals surface area contributed by atoms with Crippen LogP contribution in [-0.4, -0.2) is 56.4 Å². The monoisotopic (exact) mass is 396 g/mol. The average Bonchev–Trinajstić information content (AvgIpc) is 2.68. The quantitative estimate of drug-likeness (QED) is 0.773. The summed E-state index contributed by atoms with van der Waals surface area (Å²) in [5.41, 5.74) is 0.444. The summed E-state index contributed by atoms with van der Waals surface area (Å²) in [5, 5.41) is 17.4. The Balaban J connectivity index is 2.23. The number of pyridine rings is 1.